The van der Waals surface area contributed by atoms with E-state index in [-0.39, 0.29) is 11.5 Å². The summed E-state index contributed by atoms with van der Waals surface area (Å²) in [6, 6.07) is 0. The second-order valence-corrected chi connectivity index (χ2v) is 5.15. The third-order valence-corrected chi connectivity index (χ3v) is 3.48. The number of nitro groups is 1. The van der Waals surface area contributed by atoms with Gasteiger partial charge in [-0.2, -0.15) is 0 Å². The maximum absolute atomic E-state index is 11.3. The second kappa shape index (κ2) is 7.16. The molecule has 0 bridgehead atoms. The molecule has 0 aliphatic carbocycles. The van der Waals surface area contributed by atoms with E-state index in [1.165, 1.54) is 6.33 Å². The van der Waals surface area contributed by atoms with E-state index in [1.807, 2.05) is 18.9 Å². The van der Waals surface area contributed by atoms with Crippen LogP contribution in [0.1, 0.15) is 19.8 Å². The zero-order chi connectivity index (χ0) is 15.2. The van der Waals surface area contributed by atoms with E-state index in [0.29, 0.717) is 31.4 Å². The predicted molar refractivity (Wildman–Crippen MR) is 79.7 cm³/mol. The largest absolute Gasteiger partial charge is 0.381 e. The Bertz CT molecular complexity index is 491. The number of nitrogens with zero attached hydrogens (tertiary/aromatic N) is 4. The van der Waals surface area contributed by atoms with Gasteiger partial charge in [0.15, 0.2) is 0 Å². The fourth-order valence-electron chi connectivity index (χ4n) is 2.54. The van der Waals surface area contributed by atoms with Gasteiger partial charge in [-0.05, 0) is 25.7 Å². The molecule has 2 rings (SSSR count). The summed E-state index contributed by atoms with van der Waals surface area (Å²) in [6.07, 6.45) is 3.46. The summed E-state index contributed by atoms with van der Waals surface area (Å²) < 4.78 is 5.45. The smallest absolute Gasteiger partial charge is 0.353 e. The van der Waals surface area contributed by atoms with Gasteiger partial charge < -0.3 is 15.0 Å². The number of hydrogen-bond acceptors (Lipinski definition) is 7. The van der Waals surface area contributed by atoms with Crippen LogP contribution >= 0.6 is 0 Å². The van der Waals surface area contributed by atoms with Gasteiger partial charge >= 0.3 is 5.69 Å². The minimum absolute atomic E-state index is 0.0708. The molecule has 1 aliphatic rings. The van der Waals surface area contributed by atoms with Gasteiger partial charge in [-0.3, -0.25) is 10.1 Å². The van der Waals surface area contributed by atoms with Gasteiger partial charge in [0, 0.05) is 26.7 Å². The number of aromatic nitrogens is 2. The normalized spacial score (nSPS) is 18.3. The Labute approximate surface area is 123 Å². The van der Waals surface area contributed by atoms with Gasteiger partial charge in [0.1, 0.15) is 6.33 Å². The van der Waals surface area contributed by atoms with Crippen molar-refractivity contribution in [3.8, 4) is 0 Å². The monoisotopic (exact) mass is 295 g/mol. The summed E-state index contributed by atoms with van der Waals surface area (Å²) in [5.74, 6) is 0.983. The summed E-state index contributed by atoms with van der Waals surface area (Å²) in [5, 5.41) is 14.3. The van der Waals surface area contributed by atoms with Crippen molar-refractivity contribution >= 4 is 17.3 Å². The molecule has 0 radical (unpaired) electrons. The molecule has 21 heavy (non-hydrogen) atoms. The van der Waals surface area contributed by atoms with Crippen LogP contribution in [-0.4, -0.2) is 48.2 Å². The molecule has 0 amide bonds. The maximum Gasteiger partial charge on any atom is 0.353 e. The van der Waals surface area contributed by atoms with Crippen molar-refractivity contribution in [1.29, 1.82) is 0 Å². The molecule has 1 unspecified atom stereocenters. The number of hydrogen-bond donors (Lipinski definition) is 1. The minimum Gasteiger partial charge on any atom is -0.381 e. The van der Waals surface area contributed by atoms with E-state index in [0.717, 1.165) is 19.4 Å². The molecule has 2 heterocycles. The molecule has 1 saturated heterocycles. The zero-order valence-corrected chi connectivity index (χ0v) is 12.4. The highest BCUT2D eigenvalue weighted by Gasteiger charge is 2.26. The fraction of sp³-hybridized carbons (Fsp3) is 0.692. The highest BCUT2D eigenvalue weighted by Crippen LogP contribution is 2.31. The molecule has 8 nitrogen and oxygen atoms in total. The van der Waals surface area contributed by atoms with Crippen LogP contribution < -0.4 is 10.2 Å². The van der Waals surface area contributed by atoms with Crippen molar-refractivity contribution in [2.45, 2.75) is 19.8 Å². The van der Waals surface area contributed by atoms with E-state index < -0.39 is 4.92 Å². The Morgan fingerprint density at radius 3 is 3.00 bits per heavy atom. The fourth-order valence-corrected chi connectivity index (χ4v) is 2.54. The topological polar surface area (TPSA) is 93.4 Å². The molecule has 1 N–H and O–H groups in total. The van der Waals surface area contributed by atoms with Crippen molar-refractivity contribution in [2.75, 3.05) is 43.6 Å². The molecule has 1 aliphatic heterocycles. The van der Waals surface area contributed by atoms with Gasteiger partial charge in [0.05, 0.1) is 11.5 Å². The summed E-state index contributed by atoms with van der Waals surface area (Å²) >= 11 is 0. The molecular weight excluding hydrogens is 274 g/mol. The van der Waals surface area contributed by atoms with E-state index in [9.17, 15) is 10.1 Å². The van der Waals surface area contributed by atoms with Crippen molar-refractivity contribution in [2.24, 2.45) is 5.92 Å². The lowest BCUT2D eigenvalue weighted by molar-refractivity contribution is -0.383. The zero-order valence-electron chi connectivity index (χ0n) is 12.4. The molecular formula is C13H21N5O3. The van der Waals surface area contributed by atoms with Gasteiger partial charge in [-0.15, -0.1) is 0 Å². The Morgan fingerprint density at radius 1 is 1.57 bits per heavy atom. The van der Waals surface area contributed by atoms with Gasteiger partial charge in [-0.1, -0.05) is 0 Å². The average Bonchev–Trinajstić information content (AvgIpc) is 2.48. The molecule has 116 valence electrons. The summed E-state index contributed by atoms with van der Waals surface area (Å²) in [6.45, 7) is 4.62. The Hall–Kier alpha value is -1.96. The van der Waals surface area contributed by atoms with Crippen LogP contribution in [0.2, 0.25) is 0 Å². The SMILES string of the molecule is CCNc1ncnc(N(C)CC2CCCOC2)c1[N+](=O)[O-]. The molecule has 1 fully saturated rings. The van der Waals surface area contributed by atoms with E-state index >= 15 is 0 Å². The lowest BCUT2D eigenvalue weighted by atomic mass is 10.0. The van der Waals surface area contributed by atoms with Crippen molar-refractivity contribution in [1.82, 2.24) is 9.97 Å². The minimum atomic E-state index is -0.429. The Balaban J connectivity index is 2.20. The first-order valence-corrected chi connectivity index (χ1v) is 7.15. The Kier molecular flexibility index (Phi) is 5.26. The number of anilines is 2. The van der Waals surface area contributed by atoms with Crippen molar-refractivity contribution in [3.63, 3.8) is 0 Å². The van der Waals surface area contributed by atoms with Crippen LogP contribution in [0.15, 0.2) is 6.33 Å². The first-order valence-electron chi connectivity index (χ1n) is 7.15. The van der Waals surface area contributed by atoms with Crippen LogP contribution in [0.25, 0.3) is 0 Å². The molecule has 0 saturated carbocycles. The summed E-state index contributed by atoms with van der Waals surface area (Å²) in [5.41, 5.74) is -0.0708. The van der Waals surface area contributed by atoms with E-state index in [1.54, 1.807) is 0 Å². The van der Waals surface area contributed by atoms with Gasteiger partial charge in [0.25, 0.3) is 0 Å². The lowest BCUT2D eigenvalue weighted by Crippen LogP contribution is -2.31. The third kappa shape index (κ3) is 3.78. The first kappa shape index (κ1) is 15.4. The van der Waals surface area contributed by atoms with Crippen molar-refractivity contribution < 1.29 is 9.66 Å². The molecule has 1 aromatic heterocycles. The second-order valence-electron chi connectivity index (χ2n) is 5.15. The predicted octanol–water partition coefficient (Wildman–Crippen LogP) is 1.68. The van der Waals surface area contributed by atoms with Crippen LogP contribution in [0.4, 0.5) is 17.3 Å². The first-order chi connectivity index (χ1) is 10.1. The highest BCUT2D eigenvalue weighted by molar-refractivity contribution is 5.70. The number of rotatable bonds is 6. The summed E-state index contributed by atoms with van der Waals surface area (Å²) in [4.78, 5) is 20.8. The molecule has 1 aromatic rings. The van der Waals surface area contributed by atoms with Crippen LogP contribution in [0, 0.1) is 16.0 Å². The average molecular weight is 295 g/mol. The lowest BCUT2D eigenvalue weighted by Gasteiger charge is -2.27. The quantitative estimate of drug-likeness (QED) is 0.630. The Morgan fingerprint density at radius 2 is 2.38 bits per heavy atom. The molecule has 1 atom stereocenters. The number of nitrogens with one attached hydrogen (secondary N) is 1. The standard InChI is InChI=1S/C13H21N5O3/c1-3-14-12-11(18(19)20)13(16-9-15-12)17(2)7-10-5-4-6-21-8-10/h9-10H,3-8H2,1-2H3,(H,14,15,16). The van der Waals surface area contributed by atoms with Gasteiger partial charge in [-0.25, -0.2) is 9.97 Å². The highest BCUT2D eigenvalue weighted by atomic mass is 16.6. The third-order valence-electron chi connectivity index (χ3n) is 3.48. The van der Waals surface area contributed by atoms with Crippen LogP contribution in [0.5, 0.6) is 0 Å². The molecule has 8 heteroatoms. The van der Waals surface area contributed by atoms with Crippen LogP contribution in [0.3, 0.4) is 0 Å². The molecule has 0 spiro atoms. The van der Waals surface area contributed by atoms with E-state index in [4.69, 9.17) is 4.74 Å². The number of ether oxygens (including phenoxy) is 1. The maximum atomic E-state index is 11.3. The van der Waals surface area contributed by atoms with Gasteiger partial charge in [0.2, 0.25) is 11.6 Å². The van der Waals surface area contributed by atoms with E-state index in [2.05, 4.69) is 15.3 Å². The van der Waals surface area contributed by atoms with Crippen molar-refractivity contribution in [3.05, 3.63) is 16.4 Å². The van der Waals surface area contributed by atoms with Crippen LogP contribution in [-0.2, 0) is 4.74 Å². The molecule has 0 aromatic carbocycles. The summed E-state index contributed by atoms with van der Waals surface area (Å²) in [7, 11) is 1.82.